The van der Waals surface area contributed by atoms with Crippen molar-refractivity contribution in [1.82, 2.24) is 0 Å². The molecule has 1 unspecified atom stereocenters. The summed E-state index contributed by atoms with van der Waals surface area (Å²) in [7, 11) is 1.47. The fourth-order valence-corrected chi connectivity index (χ4v) is 1.60. The summed E-state index contributed by atoms with van der Waals surface area (Å²) in [6.07, 6.45) is 1.32. The maximum atomic E-state index is 11.8. The van der Waals surface area contributed by atoms with Gasteiger partial charge in [0.05, 0.1) is 18.4 Å². The van der Waals surface area contributed by atoms with Crippen molar-refractivity contribution in [2.45, 2.75) is 26.7 Å². The van der Waals surface area contributed by atoms with Crippen LogP contribution in [0.3, 0.4) is 0 Å². The first-order valence-corrected chi connectivity index (χ1v) is 6.19. The van der Waals surface area contributed by atoms with Crippen molar-refractivity contribution in [2.75, 3.05) is 12.4 Å². The molecule has 0 aromatic heterocycles. The molecule has 0 aliphatic heterocycles. The topological polar surface area (TPSA) is 75.6 Å². The third-order valence-electron chi connectivity index (χ3n) is 2.95. The summed E-state index contributed by atoms with van der Waals surface area (Å²) in [5, 5.41) is 11.6. The lowest BCUT2D eigenvalue weighted by molar-refractivity contribution is -0.117. The summed E-state index contributed by atoms with van der Waals surface area (Å²) in [6, 6.07) is 4.36. The third-order valence-corrected chi connectivity index (χ3v) is 2.95. The van der Waals surface area contributed by atoms with Gasteiger partial charge < -0.3 is 15.2 Å². The summed E-state index contributed by atoms with van der Waals surface area (Å²) >= 11 is 0. The van der Waals surface area contributed by atoms with E-state index in [1.54, 1.807) is 0 Å². The van der Waals surface area contributed by atoms with Gasteiger partial charge in [-0.3, -0.25) is 4.79 Å². The molecule has 0 spiro atoms. The molecule has 0 aliphatic rings. The zero-order chi connectivity index (χ0) is 14.4. The predicted molar refractivity (Wildman–Crippen MR) is 72.7 cm³/mol. The highest BCUT2D eigenvalue weighted by atomic mass is 16.5. The SMILES string of the molecule is CCC(C)CC(=O)Nc1cc(C(=O)O)ccc1OC. The number of carbonyl (C=O) groups is 2. The van der Waals surface area contributed by atoms with Gasteiger partial charge in [-0.1, -0.05) is 20.3 Å². The van der Waals surface area contributed by atoms with Crippen molar-refractivity contribution in [3.05, 3.63) is 23.8 Å². The Morgan fingerprint density at radius 2 is 2.11 bits per heavy atom. The van der Waals surface area contributed by atoms with Gasteiger partial charge >= 0.3 is 5.97 Å². The first kappa shape index (κ1) is 15.0. The van der Waals surface area contributed by atoms with Crippen LogP contribution in [0.1, 0.15) is 37.0 Å². The standard InChI is InChI=1S/C14H19NO4/c1-4-9(2)7-13(16)15-11-8-10(14(17)18)5-6-12(11)19-3/h5-6,8-9H,4,7H2,1-3H3,(H,15,16)(H,17,18). The van der Waals surface area contributed by atoms with Crippen molar-refractivity contribution in [3.63, 3.8) is 0 Å². The monoisotopic (exact) mass is 265 g/mol. The van der Waals surface area contributed by atoms with Gasteiger partial charge in [0.25, 0.3) is 0 Å². The van der Waals surface area contributed by atoms with Gasteiger partial charge in [0, 0.05) is 6.42 Å². The number of benzene rings is 1. The summed E-state index contributed by atoms with van der Waals surface area (Å²) in [4.78, 5) is 22.7. The molecule has 104 valence electrons. The molecule has 1 aromatic carbocycles. The molecule has 0 saturated carbocycles. The molecule has 19 heavy (non-hydrogen) atoms. The zero-order valence-electron chi connectivity index (χ0n) is 11.4. The molecule has 5 nitrogen and oxygen atoms in total. The lowest BCUT2D eigenvalue weighted by atomic mass is 10.0. The number of methoxy groups -OCH3 is 1. The van der Waals surface area contributed by atoms with Gasteiger partial charge in [-0.05, 0) is 24.1 Å². The minimum absolute atomic E-state index is 0.111. The van der Waals surface area contributed by atoms with E-state index in [1.165, 1.54) is 25.3 Å². The summed E-state index contributed by atoms with van der Waals surface area (Å²) in [5.74, 6) is -0.452. The van der Waals surface area contributed by atoms with Crippen molar-refractivity contribution in [1.29, 1.82) is 0 Å². The Morgan fingerprint density at radius 3 is 2.63 bits per heavy atom. The van der Waals surface area contributed by atoms with Gasteiger partial charge in [0.1, 0.15) is 5.75 Å². The fraction of sp³-hybridized carbons (Fsp3) is 0.429. The number of rotatable bonds is 6. The molecule has 1 aromatic rings. The van der Waals surface area contributed by atoms with E-state index < -0.39 is 5.97 Å². The van der Waals surface area contributed by atoms with E-state index in [-0.39, 0.29) is 17.4 Å². The van der Waals surface area contributed by atoms with E-state index in [1.807, 2.05) is 13.8 Å². The lowest BCUT2D eigenvalue weighted by Crippen LogP contribution is -2.15. The van der Waals surface area contributed by atoms with Crippen LogP contribution < -0.4 is 10.1 Å². The van der Waals surface area contributed by atoms with Gasteiger partial charge in [-0.2, -0.15) is 0 Å². The quantitative estimate of drug-likeness (QED) is 0.829. The number of carboxylic acid groups (broad SMARTS) is 1. The van der Waals surface area contributed by atoms with E-state index >= 15 is 0 Å². The highest BCUT2D eigenvalue weighted by Crippen LogP contribution is 2.26. The molecule has 0 saturated heterocycles. The second kappa shape index (κ2) is 6.78. The molecule has 1 amide bonds. The zero-order valence-corrected chi connectivity index (χ0v) is 11.4. The van der Waals surface area contributed by atoms with Crippen LogP contribution in [0.5, 0.6) is 5.75 Å². The highest BCUT2D eigenvalue weighted by Gasteiger charge is 2.13. The Bertz CT molecular complexity index is 471. The van der Waals surface area contributed by atoms with Crippen molar-refractivity contribution >= 4 is 17.6 Å². The number of anilines is 1. The number of amides is 1. The molecular weight excluding hydrogens is 246 g/mol. The number of carbonyl (C=O) groups excluding carboxylic acids is 1. The number of aromatic carboxylic acids is 1. The average molecular weight is 265 g/mol. The largest absolute Gasteiger partial charge is 0.495 e. The third kappa shape index (κ3) is 4.28. The van der Waals surface area contributed by atoms with Crippen LogP contribution in [-0.2, 0) is 4.79 Å². The van der Waals surface area contributed by atoms with E-state index in [2.05, 4.69) is 5.32 Å². The maximum Gasteiger partial charge on any atom is 0.335 e. The smallest absolute Gasteiger partial charge is 0.335 e. The van der Waals surface area contributed by atoms with Crippen LogP contribution in [0.2, 0.25) is 0 Å². The van der Waals surface area contributed by atoms with Gasteiger partial charge in [-0.25, -0.2) is 4.79 Å². The van der Waals surface area contributed by atoms with Gasteiger partial charge in [0.15, 0.2) is 0 Å². The number of nitrogens with one attached hydrogen (secondary N) is 1. The van der Waals surface area contributed by atoms with Gasteiger partial charge in [0.2, 0.25) is 5.91 Å². The van der Waals surface area contributed by atoms with E-state index in [0.29, 0.717) is 17.9 Å². The minimum atomic E-state index is -1.04. The second-order valence-corrected chi connectivity index (χ2v) is 4.49. The molecule has 0 radical (unpaired) electrons. The number of ether oxygens (including phenoxy) is 1. The summed E-state index contributed by atoms with van der Waals surface area (Å²) < 4.78 is 5.10. The lowest BCUT2D eigenvalue weighted by Gasteiger charge is -2.12. The normalized spacial score (nSPS) is 11.7. The average Bonchev–Trinajstić information content (AvgIpc) is 2.38. The maximum absolute atomic E-state index is 11.8. The van der Waals surface area contributed by atoms with Crippen LogP contribution in [0, 0.1) is 5.92 Å². The van der Waals surface area contributed by atoms with E-state index in [9.17, 15) is 9.59 Å². The fourth-order valence-electron chi connectivity index (χ4n) is 1.60. The Labute approximate surface area is 112 Å². The highest BCUT2D eigenvalue weighted by molar-refractivity contribution is 5.95. The Balaban J connectivity index is 2.88. The molecule has 1 rings (SSSR count). The first-order chi connectivity index (χ1) is 8.97. The molecule has 0 heterocycles. The number of carboxylic acids is 1. The molecule has 1 atom stereocenters. The number of hydrogen-bond acceptors (Lipinski definition) is 3. The Hall–Kier alpha value is -2.04. The van der Waals surface area contributed by atoms with E-state index in [0.717, 1.165) is 6.42 Å². The molecule has 0 fully saturated rings. The molecule has 2 N–H and O–H groups in total. The van der Waals surface area contributed by atoms with Crippen LogP contribution in [-0.4, -0.2) is 24.1 Å². The Kier molecular flexibility index (Phi) is 5.36. The summed E-state index contributed by atoms with van der Waals surface area (Å²) in [5.41, 5.74) is 0.496. The number of hydrogen-bond donors (Lipinski definition) is 2. The predicted octanol–water partition coefficient (Wildman–Crippen LogP) is 2.77. The minimum Gasteiger partial charge on any atom is -0.495 e. The second-order valence-electron chi connectivity index (χ2n) is 4.49. The molecule has 5 heteroatoms. The first-order valence-electron chi connectivity index (χ1n) is 6.19. The summed E-state index contributed by atoms with van der Waals surface area (Å²) in [6.45, 7) is 4.01. The molecular formula is C14H19NO4. The van der Waals surface area contributed by atoms with Crippen molar-refractivity contribution < 1.29 is 19.4 Å². The molecule has 0 bridgehead atoms. The van der Waals surface area contributed by atoms with Gasteiger partial charge in [-0.15, -0.1) is 0 Å². The molecule has 0 aliphatic carbocycles. The van der Waals surface area contributed by atoms with Crippen molar-refractivity contribution in [2.24, 2.45) is 5.92 Å². The van der Waals surface area contributed by atoms with E-state index in [4.69, 9.17) is 9.84 Å². The van der Waals surface area contributed by atoms with Crippen LogP contribution >= 0.6 is 0 Å². The Morgan fingerprint density at radius 1 is 1.42 bits per heavy atom. The van der Waals surface area contributed by atoms with Crippen molar-refractivity contribution in [3.8, 4) is 5.75 Å². The van der Waals surface area contributed by atoms with Crippen LogP contribution in [0.25, 0.3) is 0 Å². The van der Waals surface area contributed by atoms with Crippen LogP contribution in [0.15, 0.2) is 18.2 Å². The van der Waals surface area contributed by atoms with Crippen LogP contribution in [0.4, 0.5) is 5.69 Å².